The van der Waals surface area contributed by atoms with Gasteiger partial charge in [0, 0.05) is 19.5 Å². The van der Waals surface area contributed by atoms with Crippen molar-refractivity contribution in [2.24, 2.45) is 0 Å². The predicted molar refractivity (Wildman–Crippen MR) is 92.3 cm³/mol. The lowest BCUT2D eigenvalue weighted by Crippen LogP contribution is -2.33. The first-order valence-electron chi connectivity index (χ1n) is 7.67. The number of ether oxygens (including phenoxy) is 1. The summed E-state index contributed by atoms with van der Waals surface area (Å²) >= 11 is 0. The number of amides is 1. The summed E-state index contributed by atoms with van der Waals surface area (Å²) < 4.78 is 30.0. The number of unbranched alkanes of at least 4 members (excludes halogenated alkanes) is 1. The van der Waals surface area contributed by atoms with Crippen molar-refractivity contribution in [3.8, 4) is 5.75 Å². The molecule has 23 heavy (non-hydrogen) atoms. The molecule has 0 saturated carbocycles. The van der Waals surface area contributed by atoms with Gasteiger partial charge in [-0.1, -0.05) is 19.4 Å². The number of hydrogen-bond donors (Lipinski definition) is 1. The number of hydrogen-bond acceptors (Lipinski definition) is 4. The molecular weight excluding hydrogens is 316 g/mol. The highest BCUT2D eigenvalue weighted by molar-refractivity contribution is 7.88. The zero-order valence-electron chi connectivity index (χ0n) is 14.3. The summed E-state index contributed by atoms with van der Waals surface area (Å²) in [6.07, 6.45) is 2.96. The number of rotatable bonds is 9. The Kier molecular flexibility index (Phi) is 7.51. The first kappa shape index (κ1) is 19.4. The lowest BCUT2D eigenvalue weighted by molar-refractivity contribution is -0.116. The third-order valence-electron chi connectivity index (χ3n) is 3.45. The van der Waals surface area contributed by atoms with Gasteiger partial charge in [0.2, 0.25) is 15.9 Å². The molecule has 0 aliphatic carbocycles. The van der Waals surface area contributed by atoms with E-state index in [0.717, 1.165) is 18.4 Å². The van der Waals surface area contributed by atoms with Crippen LogP contribution in [0, 0.1) is 6.92 Å². The van der Waals surface area contributed by atoms with E-state index in [-0.39, 0.29) is 18.9 Å². The Bertz CT molecular complexity index is 629. The molecule has 0 aromatic heterocycles. The molecule has 0 spiro atoms. The van der Waals surface area contributed by atoms with Crippen LogP contribution < -0.4 is 10.1 Å². The number of aryl methyl sites for hydroxylation is 1. The number of nitrogens with one attached hydrogen (secondary N) is 1. The van der Waals surface area contributed by atoms with Crippen molar-refractivity contribution in [1.29, 1.82) is 0 Å². The van der Waals surface area contributed by atoms with Crippen LogP contribution >= 0.6 is 0 Å². The van der Waals surface area contributed by atoms with E-state index < -0.39 is 10.0 Å². The fourth-order valence-corrected chi connectivity index (χ4v) is 3.02. The third-order valence-corrected chi connectivity index (χ3v) is 4.75. The van der Waals surface area contributed by atoms with Crippen LogP contribution in [0.15, 0.2) is 18.2 Å². The minimum Gasteiger partial charge on any atom is -0.495 e. The van der Waals surface area contributed by atoms with Crippen LogP contribution in [0.5, 0.6) is 5.75 Å². The van der Waals surface area contributed by atoms with Crippen LogP contribution in [0.25, 0.3) is 0 Å². The first-order valence-corrected chi connectivity index (χ1v) is 9.52. The number of sulfonamides is 1. The molecule has 0 atom stereocenters. The van der Waals surface area contributed by atoms with Crippen molar-refractivity contribution in [2.75, 3.05) is 31.8 Å². The number of carbonyl (C=O) groups excluding carboxylic acids is 1. The molecule has 0 aliphatic heterocycles. The maximum absolute atomic E-state index is 12.1. The van der Waals surface area contributed by atoms with Gasteiger partial charge in [0.1, 0.15) is 5.75 Å². The Labute approximate surface area is 138 Å². The van der Waals surface area contributed by atoms with E-state index in [1.165, 1.54) is 17.7 Å². The second-order valence-electron chi connectivity index (χ2n) is 5.52. The van der Waals surface area contributed by atoms with Gasteiger partial charge in [-0.05, 0) is 31.0 Å². The minimum atomic E-state index is -3.30. The van der Waals surface area contributed by atoms with E-state index in [4.69, 9.17) is 4.74 Å². The summed E-state index contributed by atoms with van der Waals surface area (Å²) in [6, 6.07) is 5.50. The molecule has 0 heterocycles. The molecule has 1 aromatic rings. The summed E-state index contributed by atoms with van der Waals surface area (Å²) in [5, 5.41) is 2.78. The molecule has 6 nitrogen and oxygen atoms in total. The van der Waals surface area contributed by atoms with Crippen molar-refractivity contribution in [2.45, 2.75) is 33.1 Å². The highest BCUT2D eigenvalue weighted by Gasteiger charge is 2.17. The number of carbonyl (C=O) groups is 1. The van der Waals surface area contributed by atoms with Gasteiger partial charge in [0.05, 0.1) is 19.1 Å². The van der Waals surface area contributed by atoms with Crippen molar-refractivity contribution >= 4 is 21.6 Å². The Morgan fingerprint density at radius 1 is 1.30 bits per heavy atom. The molecule has 1 rings (SSSR count). The fraction of sp³-hybridized carbons (Fsp3) is 0.562. The van der Waals surface area contributed by atoms with E-state index in [2.05, 4.69) is 5.32 Å². The van der Waals surface area contributed by atoms with Crippen LogP contribution in [0.3, 0.4) is 0 Å². The predicted octanol–water partition coefficient (Wildman–Crippen LogP) is 2.39. The standard InChI is InChI=1S/C16H26N2O4S/c1-5-6-10-18(23(4,20)21)11-9-16(19)17-14-12-13(2)7-8-15(14)22-3/h7-8,12H,5-6,9-11H2,1-4H3,(H,17,19). The van der Waals surface area contributed by atoms with Crippen molar-refractivity contribution < 1.29 is 17.9 Å². The SMILES string of the molecule is CCCCN(CCC(=O)Nc1cc(C)ccc1OC)S(C)(=O)=O. The van der Waals surface area contributed by atoms with E-state index in [0.29, 0.717) is 18.0 Å². The van der Waals surface area contributed by atoms with Crippen LogP contribution in [-0.2, 0) is 14.8 Å². The lowest BCUT2D eigenvalue weighted by Gasteiger charge is -2.19. The highest BCUT2D eigenvalue weighted by atomic mass is 32.2. The van der Waals surface area contributed by atoms with Crippen LogP contribution in [0.4, 0.5) is 5.69 Å². The van der Waals surface area contributed by atoms with E-state index in [9.17, 15) is 13.2 Å². The topological polar surface area (TPSA) is 75.7 Å². The van der Waals surface area contributed by atoms with Gasteiger partial charge in [-0.15, -0.1) is 0 Å². The minimum absolute atomic E-state index is 0.105. The second kappa shape index (κ2) is 8.88. The van der Waals surface area contributed by atoms with Crippen molar-refractivity contribution in [3.63, 3.8) is 0 Å². The Morgan fingerprint density at radius 3 is 2.57 bits per heavy atom. The van der Waals surface area contributed by atoms with Gasteiger partial charge in [0.15, 0.2) is 0 Å². The van der Waals surface area contributed by atoms with Crippen LogP contribution in [0.1, 0.15) is 31.7 Å². The van der Waals surface area contributed by atoms with E-state index in [1.807, 2.05) is 26.0 Å². The zero-order chi connectivity index (χ0) is 17.5. The molecule has 0 saturated heterocycles. The van der Waals surface area contributed by atoms with Gasteiger partial charge in [0.25, 0.3) is 0 Å². The normalized spacial score (nSPS) is 11.5. The number of nitrogens with zero attached hydrogens (tertiary/aromatic N) is 1. The summed E-state index contributed by atoms with van der Waals surface area (Å²) in [7, 11) is -1.76. The number of benzene rings is 1. The molecule has 1 N–H and O–H groups in total. The van der Waals surface area contributed by atoms with Gasteiger partial charge < -0.3 is 10.1 Å². The maximum atomic E-state index is 12.1. The van der Waals surface area contributed by atoms with Gasteiger partial charge in [-0.3, -0.25) is 4.79 Å². The largest absolute Gasteiger partial charge is 0.495 e. The lowest BCUT2D eigenvalue weighted by atomic mass is 10.2. The van der Waals surface area contributed by atoms with Crippen molar-refractivity contribution in [1.82, 2.24) is 4.31 Å². The second-order valence-corrected chi connectivity index (χ2v) is 7.50. The van der Waals surface area contributed by atoms with Gasteiger partial charge in [-0.25, -0.2) is 12.7 Å². The third kappa shape index (κ3) is 6.58. The van der Waals surface area contributed by atoms with Gasteiger partial charge >= 0.3 is 0 Å². The van der Waals surface area contributed by atoms with Crippen LogP contribution in [0.2, 0.25) is 0 Å². The average Bonchev–Trinajstić information content (AvgIpc) is 2.46. The molecule has 0 aliphatic rings. The maximum Gasteiger partial charge on any atom is 0.225 e. The molecular formula is C16H26N2O4S. The van der Waals surface area contributed by atoms with Crippen molar-refractivity contribution in [3.05, 3.63) is 23.8 Å². The molecule has 0 unspecified atom stereocenters. The Balaban J connectivity index is 2.67. The molecule has 7 heteroatoms. The van der Waals surface area contributed by atoms with Crippen LogP contribution in [-0.4, -0.2) is 45.1 Å². The summed E-state index contributed by atoms with van der Waals surface area (Å²) in [4.78, 5) is 12.1. The summed E-state index contributed by atoms with van der Waals surface area (Å²) in [5.41, 5.74) is 1.60. The van der Waals surface area contributed by atoms with Gasteiger partial charge in [-0.2, -0.15) is 0 Å². The van der Waals surface area contributed by atoms with E-state index in [1.54, 1.807) is 6.07 Å². The Hall–Kier alpha value is -1.60. The fourth-order valence-electron chi connectivity index (χ4n) is 2.14. The monoisotopic (exact) mass is 342 g/mol. The summed E-state index contributed by atoms with van der Waals surface area (Å²) in [5.74, 6) is 0.342. The quantitative estimate of drug-likeness (QED) is 0.748. The molecule has 1 aromatic carbocycles. The molecule has 0 bridgehead atoms. The average molecular weight is 342 g/mol. The Morgan fingerprint density at radius 2 is 2.00 bits per heavy atom. The number of methoxy groups -OCH3 is 1. The molecule has 0 fully saturated rings. The molecule has 130 valence electrons. The van der Waals surface area contributed by atoms with E-state index >= 15 is 0 Å². The molecule has 0 radical (unpaired) electrons. The highest BCUT2D eigenvalue weighted by Crippen LogP contribution is 2.25. The smallest absolute Gasteiger partial charge is 0.225 e. The molecule has 1 amide bonds. The first-order chi connectivity index (χ1) is 10.8. The zero-order valence-corrected chi connectivity index (χ0v) is 15.1. The summed E-state index contributed by atoms with van der Waals surface area (Å²) in [6.45, 7) is 4.54. The number of anilines is 1.